The van der Waals surface area contributed by atoms with Crippen molar-refractivity contribution in [3.63, 3.8) is 0 Å². The molecule has 0 aromatic heterocycles. The second kappa shape index (κ2) is 7.88. The maximum atomic E-state index is 12.5. The number of carbonyl (C=O) groups is 1. The van der Waals surface area contributed by atoms with Gasteiger partial charge in [0.25, 0.3) is 5.91 Å². The van der Waals surface area contributed by atoms with Crippen LogP contribution in [0.15, 0.2) is 42.5 Å². The Balaban J connectivity index is 2.11. The van der Waals surface area contributed by atoms with Crippen molar-refractivity contribution in [3.8, 4) is 11.5 Å². The lowest BCUT2D eigenvalue weighted by Gasteiger charge is -2.16. The van der Waals surface area contributed by atoms with Crippen molar-refractivity contribution < 1.29 is 14.3 Å². The predicted octanol–water partition coefficient (Wildman–Crippen LogP) is 4.24. The van der Waals surface area contributed by atoms with Gasteiger partial charge in [0.05, 0.1) is 25.3 Å². The summed E-state index contributed by atoms with van der Waals surface area (Å²) in [5, 5.41) is 3.44. The highest BCUT2D eigenvalue weighted by Gasteiger charge is 2.16. The third-order valence-corrected chi connectivity index (χ3v) is 3.68. The zero-order chi connectivity index (χ0) is 16.8. The summed E-state index contributed by atoms with van der Waals surface area (Å²) >= 11 is 5.97. The number of rotatable bonds is 6. The van der Waals surface area contributed by atoms with Gasteiger partial charge < -0.3 is 14.8 Å². The molecule has 1 atom stereocenters. The number of halogens is 1. The van der Waals surface area contributed by atoms with Gasteiger partial charge in [-0.15, -0.1) is 0 Å². The Morgan fingerprint density at radius 2 is 1.91 bits per heavy atom. The minimum atomic E-state index is -0.231. The van der Waals surface area contributed by atoms with Crippen molar-refractivity contribution >= 4 is 17.5 Å². The maximum absolute atomic E-state index is 12.5. The van der Waals surface area contributed by atoms with Crippen LogP contribution in [0.2, 0.25) is 5.02 Å². The summed E-state index contributed by atoms with van der Waals surface area (Å²) in [4.78, 5) is 12.5. The Morgan fingerprint density at radius 3 is 2.52 bits per heavy atom. The van der Waals surface area contributed by atoms with Crippen LogP contribution in [0.25, 0.3) is 0 Å². The molecule has 122 valence electrons. The molecule has 0 fully saturated rings. The number of nitrogens with one attached hydrogen (secondary N) is 1. The molecule has 0 spiro atoms. The standard InChI is InChI=1S/C18H20ClNO3/c1-4-23-15-8-5-13(6-9-15)12(2)20-18(21)16-11-14(19)7-10-17(16)22-3/h5-12H,4H2,1-3H3,(H,20,21). The Kier molecular flexibility index (Phi) is 5.88. The van der Waals surface area contributed by atoms with Gasteiger partial charge in [-0.05, 0) is 49.7 Å². The lowest BCUT2D eigenvalue weighted by molar-refractivity contribution is 0.0937. The van der Waals surface area contributed by atoms with E-state index >= 15 is 0 Å². The summed E-state index contributed by atoms with van der Waals surface area (Å²) in [6.45, 7) is 4.49. The molecule has 0 aliphatic heterocycles. The van der Waals surface area contributed by atoms with Crippen molar-refractivity contribution in [3.05, 3.63) is 58.6 Å². The van der Waals surface area contributed by atoms with Crippen molar-refractivity contribution in [2.45, 2.75) is 19.9 Å². The van der Waals surface area contributed by atoms with Gasteiger partial charge >= 0.3 is 0 Å². The largest absolute Gasteiger partial charge is 0.496 e. The van der Waals surface area contributed by atoms with Crippen LogP contribution in [0.5, 0.6) is 11.5 Å². The number of hydrogen-bond acceptors (Lipinski definition) is 3. The fraction of sp³-hybridized carbons (Fsp3) is 0.278. The summed E-state index contributed by atoms with van der Waals surface area (Å²) in [6, 6.07) is 12.5. The van der Waals surface area contributed by atoms with E-state index < -0.39 is 0 Å². The van der Waals surface area contributed by atoms with E-state index in [1.54, 1.807) is 18.2 Å². The fourth-order valence-corrected chi connectivity index (χ4v) is 2.41. The van der Waals surface area contributed by atoms with E-state index in [1.165, 1.54) is 7.11 Å². The summed E-state index contributed by atoms with van der Waals surface area (Å²) in [6.07, 6.45) is 0. The van der Waals surface area contributed by atoms with Gasteiger partial charge in [-0.1, -0.05) is 23.7 Å². The molecule has 0 saturated carbocycles. The van der Waals surface area contributed by atoms with E-state index in [9.17, 15) is 4.79 Å². The van der Waals surface area contributed by atoms with E-state index in [4.69, 9.17) is 21.1 Å². The summed E-state index contributed by atoms with van der Waals surface area (Å²) in [7, 11) is 1.52. The molecule has 0 bridgehead atoms. The van der Waals surface area contributed by atoms with E-state index in [0.717, 1.165) is 11.3 Å². The van der Waals surface area contributed by atoms with Crippen LogP contribution in [-0.2, 0) is 0 Å². The van der Waals surface area contributed by atoms with Gasteiger partial charge in [0.2, 0.25) is 0 Å². The monoisotopic (exact) mass is 333 g/mol. The maximum Gasteiger partial charge on any atom is 0.255 e. The molecule has 1 amide bonds. The van der Waals surface area contributed by atoms with Gasteiger partial charge in [-0.25, -0.2) is 0 Å². The first kappa shape index (κ1) is 17.2. The van der Waals surface area contributed by atoms with Crippen LogP contribution in [0.4, 0.5) is 0 Å². The molecule has 4 nitrogen and oxygen atoms in total. The first-order valence-electron chi connectivity index (χ1n) is 7.42. The molecule has 0 heterocycles. The Bertz CT molecular complexity index is 670. The van der Waals surface area contributed by atoms with Crippen LogP contribution >= 0.6 is 11.6 Å². The molecular formula is C18H20ClNO3. The third kappa shape index (κ3) is 4.39. The number of carbonyl (C=O) groups excluding carboxylic acids is 1. The summed E-state index contributed by atoms with van der Waals surface area (Å²) in [5.74, 6) is 1.07. The Morgan fingerprint density at radius 1 is 1.22 bits per heavy atom. The molecule has 5 heteroatoms. The molecule has 2 aromatic rings. The van der Waals surface area contributed by atoms with E-state index in [-0.39, 0.29) is 11.9 Å². The predicted molar refractivity (Wildman–Crippen MR) is 91.5 cm³/mol. The van der Waals surface area contributed by atoms with Crippen molar-refractivity contribution in [2.75, 3.05) is 13.7 Å². The number of ether oxygens (including phenoxy) is 2. The fourth-order valence-electron chi connectivity index (χ4n) is 2.23. The molecular weight excluding hydrogens is 314 g/mol. The van der Waals surface area contributed by atoms with Crippen molar-refractivity contribution in [1.29, 1.82) is 0 Å². The zero-order valence-corrected chi connectivity index (χ0v) is 14.2. The second-order valence-corrected chi connectivity index (χ2v) is 5.48. The first-order chi connectivity index (χ1) is 11.0. The van der Waals surface area contributed by atoms with Gasteiger partial charge in [-0.3, -0.25) is 4.79 Å². The Hall–Kier alpha value is -2.20. The Labute approximate surface area is 141 Å². The van der Waals surface area contributed by atoms with Crippen LogP contribution in [-0.4, -0.2) is 19.6 Å². The van der Waals surface area contributed by atoms with E-state index in [2.05, 4.69) is 5.32 Å². The minimum absolute atomic E-state index is 0.151. The average Bonchev–Trinajstić information content (AvgIpc) is 2.55. The number of benzene rings is 2. The molecule has 1 unspecified atom stereocenters. The highest BCUT2D eigenvalue weighted by molar-refractivity contribution is 6.31. The average molecular weight is 334 g/mol. The first-order valence-corrected chi connectivity index (χ1v) is 7.80. The number of amides is 1. The number of methoxy groups -OCH3 is 1. The van der Waals surface area contributed by atoms with Crippen LogP contribution in [0.1, 0.15) is 35.8 Å². The van der Waals surface area contributed by atoms with Gasteiger partial charge in [-0.2, -0.15) is 0 Å². The molecule has 0 saturated heterocycles. The SMILES string of the molecule is CCOc1ccc(C(C)NC(=O)c2cc(Cl)ccc2OC)cc1. The van der Waals surface area contributed by atoms with Gasteiger partial charge in [0.1, 0.15) is 11.5 Å². The van der Waals surface area contributed by atoms with E-state index in [1.807, 2.05) is 38.1 Å². The number of hydrogen-bond donors (Lipinski definition) is 1. The highest BCUT2D eigenvalue weighted by atomic mass is 35.5. The second-order valence-electron chi connectivity index (χ2n) is 5.04. The van der Waals surface area contributed by atoms with Crippen molar-refractivity contribution in [1.82, 2.24) is 5.32 Å². The third-order valence-electron chi connectivity index (χ3n) is 3.44. The minimum Gasteiger partial charge on any atom is -0.496 e. The lowest BCUT2D eigenvalue weighted by Crippen LogP contribution is -2.27. The van der Waals surface area contributed by atoms with Crippen LogP contribution in [0.3, 0.4) is 0 Å². The molecule has 23 heavy (non-hydrogen) atoms. The molecule has 2 aromatic carbocycles. The lowest BCUT2D eigenvalue weighted by atomic mass is 10.1. The zero-order valence-electron chi connectivity index (χ0n) is 13.4. The highest BCUT2D eigenvalue weighted by Crippen LogP contribution is 2.24. The molecule has 0 aliphatic carbocycles. The topological polar surface area (TPSA) is 47.6 Å². The van der Waals surface area contributed by atoms with Gasteiger partial charge in [0.15, 0.2) is 0 Å². The molecule has 2 rings (SSSR count). The van der Waals surface area contributed by atoms with Crippen LogP contribution in [0, 0.1) is 0 Å². The quantitative estimate of drug-likeness (QED) is 0.860. The summed E-state index contributed by atoms with van der Waals surface area (Å²) in [5.41, 5.74) is 1.40. The normalized spacial score (nSPS) is 11.7. The van der Waals surface area contributed by atoms with E-state index in [0.29, 0.717) is 22.9 Å². The van der Waals surface area contributed by atoms with Gasteiger partial charge in [0, 0.05) is 5.02 Å². The smallest absolute Gasteiger partial charge is 0.255 e. The van der Waals surface area contributed by atoms with Crippen molar-refractivity contribution in [2.24, 2.45) is 0 Å². The molecule has 1 N–H and O–H groups in total. The molecule has 0 radical (unpaired) electrons. The summed E-state index contributed by atoms with van der Waals surface area (Å²) < 4.78 is 10.6. The van der Waals surface area contributed by atoms with Crippen LogP contribution < -0.4 is 14.8 Å². The molecule has 0 aliphatic rings.